The van der Waals surface area contributed by atoms with Gasteiger partial charge in [-0.3, -0.25) is 4.40 Å². The van der Waals surface area contributed by atoms with Crippen molar-refractivity contribution >= 4 is 22.9 Å². The first-order chi connectivity index (χ1) is 14.7. The van der Waals surface area contributed by atoms with E-state index < -0.39 is 0 Å². The second kappa shape index (κ2) is 8.20. The molecular formula is C26H28N4S. The highest BCUT2D eigenvalue weighted by atomic mass is 32.1. The van der Waals surface area contributed by atoms with Gasteiger partial charge < -0.3 is 5.32 Å². The Morgan fingerprint density at radius 1 is 0.968 bits per heavy atom. The Bertz CT molecular complexity index is 1250. The summed E-state index contributed by atoms with van der Waals surface area (Å²) >= 11 is 1.66. The Labute approximate surface area is 188 Å². The van der Waals surface area contributed by atoms with Crippen molar-refractivity contribution in [2.24, 2.45) is 5.41 Å². The number of fused-ring (bicyclic) bond motifs is 1. The molecule has 31 heavy (non-hydrogen) atoms. The van der Waals surface area contributed by atoms with Crippen molar-refractivity contribution in [3.05, 3.63) is 71.4 Å². The summed E-state index contributed by atoms with van der Waals surface area (Å²) in [5, 5.41) is 3.76. The predicted molar refractivity (Wildman–Crippen MR) is 130 cm³/mol. The van der Waals surface area contributed by atoms with Crippen molar-refractivity contribution in [3.8, 4) is 22.4 Å². The van der Waals surface area contributed by atoms with E-state index in [0.29, 0.717) is 5.78 Å². The Balaban J connectivity index is 1.71. The lowest BCUT2D eigenvalue weighted by molar-refractivity contribution is 0.302. The normalized spacial score (nSPS) is 11.9. The summed E-state index contributed by atoms with van der Waals surface area (Å²) < 4.78 is 2.04. The van der Waals surface area contributed by atoms with Crippen molar-refractivity contribution in [2.45, 2.75) is 46.6 Å². The molecule has 3 aromatic heterocycles. The van der Waals surface area contributed by atoms with Crippen LogP contribution in [0.1, 0.15) is 51.5 Å². The van der Waals surface area contributed by atoms with Gasteiger partial charge in [-0.15, -0.1) is 11.3 Å². The lowest BCUT2D eigenvalue weighted by atomic mass is 9.82. The van der Waals surface area contributed by atoms with Crippen molar-refractivity contribution in [1.29, 1.82) is 0 Å². The van der Waals surface area contributed by atoms with Crippen LogP contribution in [0.5, 0.6) is 0 Å². The number of aromatic nitrogens is 3. The molecule has 1 aromatic carbocycles. The van der Waals surface area contributed by atoms with Gasteiger partial charge in [-0.05, 0) is 56.0 Å². The Morgan fingerprint density at radius 2 is 1.74 bits per heavy atom. The topological polar surface area (TPSA) is 42.2 Å². The van der Waals surface area contributed by atoms with Gasteiger partial charge in [0, 0.05) is 23.5 Å². The fourth-order valence-electron chi connectivity index (χ4n) is 4.06. The van der Waals surface area contributed by atoms with Crippen LogP contribution in [0.25, 0.3) is 16.3 Å². The molecule has 4 rings (SSSR count). The third kappa shape index (κ3) is 5.15. The fourth-order valence-corrected chi connectivity index (χ4v) is 4.91. The molecule has 3 heterocycles. The fraction of sp³-hybridized carbons (Fsp3) is 0.308. The lowest BCUT2D eigenvalue weighted by Gasteiger charge is -2.34. The van der Waals surface area contributed by atoms with Gasteiger partial charge in [0.25, 0.3) is 0 Å². The van der Waals surface area contributed by atoms with E-state index in [9.17, 15) is 0 Å². The summed E-state index contributed by atoms with van der Waals surface area (Å²) in [4.78, 5) is 11.4. The SMILES string of the molecule is CC(C)(C)CC(C)(C)Nc1c(-c2ccc(C#Cc3ccccc3)s2)nc2ncccn12. The van der Waals surface area contributed by atoms with Gasteiger partial charge in [0.1, 0.15) is 11.5 Å². The molecule has 4 nitrogen and oxygen atoms in total. The average Bonchev–Trinajstić information content (AvgIpc) is 3.30. The van der Waals surface area contributed by atoms with E-state index in [1.165, 1.54) is 0 Å². The van der Waals surface area contributed by atoms with Gasteiger partial charge in [0.15, 0.2) is 0 Å². The molecule has 158 valence electrons. The van der Waals surface area contributed by atoms with E-state index in [1.54, 1.807) is 17.5 Å². The third-order valence-corrected chi connectivity index (χ3v) is 5.78. The van der Waals surface area contributed by atoms with Crippen molar-refractivity contribution in [2.75, 3.05) is 5.32 Å². The van der Waals surface area contributed by atoms with E-state index in [2.05, 4.69) is 68.9 Å². The summed E-state index contributed by atoms with van der Waals surface area (Å²) in [5.41, 5.74) is 2.03. The minimum absolute atomic E-state index is 0.105. The molecule has 4 aromatic rings. The average molecular weight is 429 g/mol. The highest BCUT2D eigenvalue weighted by Crippen LogP contribution is 2.37. The third-order valence-electron chi connectivity index (χ3n) is 4.78. The molecule has 0 spiro atoms. The molecule has 0 aliphatic carbocycles. The number of nitrogens with one attached hydrogen (secondary N) is 1. The first-order valence-corrected chi connectivity index (χ1v) is 11.3. The number of nitrogens with zero attached hydrogens (tertiary/aromatic N) is 3. The minimum Gasteiger partial charge on any atom is -0.364 e. The van der Waals surface area contributed by atoms with Crippen LogP contribution < -0.4 is 5.32 Å². The van der Waals surface area contributed by atoms with Gasteiger partial charge in [-0.25, -0.2) is 9.97 Å². The highest BCUT2D eigenvalue weighted by molar-refractivity contribution is 7.16. The first kappa shape index (κ1) is 21.1. The number of rotatable bonds is 4. The van der Waals surface area contributed by atoms with Crippen molar-refractivity contribution < 1.29 is 0 Å². The zero-order valence-corrected chi connectivity index (χ0v) is 19.5. The van der Waals surface area contributed by atoms with Gasteiger partial charge in [-0.2, -0.15) is 0 Å². The van der Waals surface area contributed by atoms with Crippen LogP contribution in [0.3, 0.4) is 0 Å². The molecule has 0 atom stereocenters. The smallest absolute Gasteiger partial charge is 0.236 e. The Morgan fingerprint density at radius 3 is 2.48 bits per heavy atom. The second-order valence-electron chi connectivity index (χ2n) is 9.62. The molecule has 0 fully saturated rings. The molecule has 0 radical (unpaired) electrons. The maximum atomic E-state index is 4.85. The Kier molecular flexibility index (Phi) is 5.60. The van der Waals surface area contributed by atoms with E-state index in [1.807, 2.05) is 47.0 Å². The van der Waals surface area contributed by atoms with Crippen molar-refractivity contribution in [1.82, 2.24) is 14.4 Å². The maximum absolute atomic E-state index is 4.85. The molecule has 1 N–H and O–H groups in total. The molecule has 0 saturated carbocycles. The van der Waals surface area contributed by atoms with Crippen LogP contribution in [-0.2, 0) is 0 Å². The zero-order valence-electron chi connectivity index (χ0n) is 18.7. The summed E-state index contributed by atoms with van der Waals surface area (Å²) in [6, 6.07) is 16.2. The number of hydrogen-bond acceptors (Lipinski definition) is 4. The number of thiophene rings is 1. The monoisotopic (exact) mass is 428 g/mol. The van der Waals surface area contributed by atoms with Gasteiger partial charge >= 0.3 is 0 Å². The molecule has 0 bridgehead atoms. The van der Waals surface area contributed by atoms with Crippen LogP contribution in [0.4, 0.5) is 5.82 Å². The Hall–Kier alpha value is -3.10. The van der Waals surface area contributed by atoms with Crippen LogP contribution >= 0.6 is 11.3 Å². The van der Waals surface area contributed by atoms with E-state index >= 15 is 0 Å². The second-order valence-corrected chi connectivity index (χ2v) is 10.7. The maximum Gasteiger partial charge on any atom is 0.236 e. The zero-order chi connectivity index (χ0) is 22.1. The van der Waals surface area contributed by atoms with E-state index in [-0.39, 0.29) is 11.0 Å². The molecule has 0 amide bonds. The summed E-state index contributed by atoms with van der Waals surface area (Å²) in [5.74, 6) is 8.18. The molecule has 0 saturated heterocycles. The molecule has 0 aliphatic rings. The summed E-state index contributed by atoms with van der Waals surface area (Å²) in [6.45, 7) is 11.3. The quantitative estimate of drug-likeness (QED) is 0.378. The van der Waals surface area contributed by atoms with Gasteiger partial charge in [0.05, 0.1) is 9.75 Å². The number of benzene rings is 1. The molecule has 5 heteroatoms. The number of hydrogen-bond donors (Lipinski definition) is 1. The molecular weight excluding hydrogens is 400 g/mol. The summed E-state index contributed by atoms with van der Waals surface area (Å²) in [7, 11) is 0. The first-order valence-electron chi connectivity index (χ1n) is 10.5. The van der Waals surface area contributed by atoms with Crippen LogP contribution in [0.15, 0.2) is 60.9 Å². The minimum atomic E-state index is -0.105. The largest absolute Gasteiger partial charge is 0.364 e. The lowest BCUT2D eigenvalue weighted by Crippen LogP contribution is -2.36. The van der Waals surface area contributed by atoms with Gasteiger partial charge in [0.2, 0.25) is 5.78 Å². The number of imidazole rings is 1. The van der Waals surface area contributed by atoms with Crippen molar-refractivity contribution in [3.63, 3.8) is 0 Å². The highest BCUT2D eigenvalue weighted by Gasteiger charge is 2.28. The summed E-state index contributed by atoms with van der Waals surface area (Å²) in [6.07, 6.45) is 4.81. The number of anilines is 1. The van der Waals surface area contributed by atoms with Crippen LogP contribution in [0.2, 0.25) is 0 Å². The van der Waals surface area contributed by atoms with E-state index in [4.69, 9.17) is 4.98 Å². The van der Waals surface area contributed by atoms with Crippen LogP contribution in [0, 0.1) is 17.3 Å². The van der Waals surface area contributed by atoms with Gasteiger partial charge in [-0.1, -0.05) is 50.8 Å². The van der Waals surface area contributed by atoms with Crippen LogP contribution in [-0.4, -0.2) is 19.9 Å². The van der Waals surface area contributed by atoms with E-state index in [0.717, 1.165) is 33.3 Å². The molecule has 0 unspecified atom stereocenters. The predicted octanol–water partition coefficient (Wildman–Crippen LogP) is 6.48. The molecule has 0 aliphatic heterocycles. The standard InChI is InChI=1S/C26H28N4S/c1-25(2,3)18-26(4,5)29-23-22(28-24-27-16-9-17-30(23)24)21-15-14-20(31-21)13-12-19-10-7-6-8-11-19/h6-11,14-17,29H,18H2,1-5H3.